The van der Waals surface area contributed by atoms with E-state index < -0.39 is 0 Å². The standard InChI is InChI=1S/C20H16N4O2/c1-26-15-8-6-14(7-9-15)12-22-24(13-25)20-19-17(10-11-21-20)16-4-2-3-5-18(16)23-19/h2-13,23H,1H3. The number of ether oxygens (including phenoxy) is 1. The molecule has 6 heteroatoms. The van der Waals surface area contributed by atoms with E-state index in [1.54, 1.807) is 19.5 Å². The molecule has 0 atom stereocenters. The lowest BCUT2D eigenvalue weighted by molar-refractivity contribution is -0.107. The summed E-state index contributed by atoms with van der Waals surface area (Å²) in [4.78, 5) is 19.3. The van der Waals surface area contributed by atoms with Gasteiger partial charge in [0, 0.05) is 22.5 Å². The molecule has 128 valence electrons. The van der Waals surface area contributed by atoms with Crippen LogP contribution in [0, 0.1) is 0 Å². The summed E-state index contributed by atoms with van der Waals surface area (Å²) >= 11 is 0. The minimum absolute atomic E-state index is 0.457. The van der Waals surface area contributed by atoms with Crippen molar-refractivity contribution in [1.82, 2.24) is 9.97 Å². The average Bonchev–Trinajstić information content (AvgIpc) is 3.08. The highest BCUT2D eigenvalue weighted by atomic mass is 16.5. The molecule has 0 saturated carbocycles. The Morgan fingerprint density at radius 1 is 1.08 bits per heavy atom. The van der Waals surface area contributed by atoms with E-state index in [4.69, 9.17) is 4.74 Å². The van der Waals surface area contributed by atoms with E-state index in [9.17, 15) is 4.79 Å². The van der Waals surface area contributed by atoms with Crippen LogP contribution in [-0.2, 0) is 4.79 Å². The van der Waals surface area contributed by atoms with Crippen molar-refractivity contribution in [3.63, 3.8) is 0 Å². The second-order valence-corrected chi connectivity index (χ2v) is 5.70. The molecule has 1 N–H and O–H groups in total. The minimum Gasteiger partial charge on any atom is -0.497 e. The fourth-order valence-corrected chi connectivity index (χ4v) is 2.88. The maximum absolute atomic E-state index is 11.6. The number of pyridine rings is 1. The van der Waals surface area contributed by atoms with E-state index in [0.29, 0.717) is 12.2 Å². The third-order valence-corrected chi connectivity index (χ3v) is 4.17. The van der Waals surface area contributed by atoms with Crippen LogP contribution in [0.4, 0.5) is 5.82 Å². The number of fused-ring (bicyclic) bond motifs is 3. The molecular weight excluding hydrogens is 328 g/mol. The van der Waals surface area contributed by atoms with Gasteiger partial charge in [0.2, 0.25) is 6.41 Å². The van der Waals surface area contributed by atoms with Gasteiger partial charge in [-0.1, -0.05) is 18.2 Å². The van der Waals surface area contributed by atoms with Crippen molar-refractivity contribution in [2.45, 2.75) is 0 Å². The van der Waals surface area contributed by atoms with Crippen molar-refractivity contribution < 1.29 is 9.53 Å². The number of aromatic amines is 1. The number of hydrogen-bond donors (Lipinski definition) is 1. The molecule has 2 heterocycles. The zero-order chi connectivity index (χ0) is 17.9. The van der Waals surface area contributed by atoms with E-state index >= 15 is 0 Å². The largest absolute Gasteiger partial charge is 0.497 e. The van der Waals surface area contributed by atoms with Crippen molar-refractivity contribution >= 4 is 40.2 Å². The molecule has 0 spiro atoms. The number of anilines is 1. The number of H-pyrrole nitrogens is 1. The first-order valence-electron chi connectivity index (χ1n) is 8.08. The molecule has 0 aliphatic carbocycles. The van der Waals surface area contributed by atoms with Gasteiger partial charge in [-0.2, -0.15) is 10.1 Å². The molecule has 0 saturated heterocycles. The fraction of sp³-hybridized carbons (Fsp3) is 0.0500. The molecule has 0 aliphatic rings. The number of carbonyl (C=O) groups excluding carboxylic acids is 1. The first-order chi connectivity index (χ1) is 12.8. The number of nitrogens with zero attached hydrogens (tertiary/aromatic N) is 3. The Labute approximate surface area is 149 Å². The summed E-state index contributed by atoms with van der Waals surface area (Å²) in [5, 5.41) is 7.58. The molecular formula is C20H16N4O2. The number of hydrazone groups is 1. The zero-order valence-corrected chi connectivity index (χ0v) is 14.1. The number of nitrogens with one attached hydrogen (secondary N) is 1. The zero-order valence-electron chi connectivity index (χ0n) is 14.1. The monoisotopic (exact) mass is 344 g/mol. The van der Waals surface area contributed by atoms with Crippen LogP contribution in [0.3, 0.4) is 0 Å². The maximum Gasteiger partial charge on any atom is 0.236 e. The molecule has 1 amide bonds. The second-order valence-electron chi connectivity index (χ2n) is 5.70. The fourth-order valence-electron chi connectivity index (χ4n) is 2.88. The molecule has 0 unspecified atom stereocenters. The number of aromatic nitrogens is 2. The van der Waals surface area contributed by atoms with E-state index in [-0.39, 0.29) is 0 Å². The van der Waals surface area contributed by atoms with Gasteiger partial charge in [-0.25, -0.2) is 4.98 Å². The molecule has 2 aromatic heterocycles. The summed E-state index contributed by atoms with van der Waals surface area (Å²) in [7, 11) is 1.61. The van der Waals surface area contributed by atoms with Crippen LogP contribution in [0.5, 0.6) is 5.75 Å². The lowest BCUT2D eigenvalue weighted by Gasteiger charge is -2.10. The first kappa shape index (κ1) is 15.8. The average molecular weight is 344 g/mol. The Kier molecular flexibility index (Phi) is 4.07. The Balaban J connectivity index is 1.74. The van der Waals surface area contributed by atoms with Crippen LogP contribution in [-0.4, -0.2) is 29.7 Å². The van der Waals surface area contributed by atoms with Crippen LogP contribution < -0.4 is 9.75 Å². The number of hydrogen-bond acceptors (Lipinski definition) is 4. The highest BCUT2D eigenvalue weighted by Crippen LogP contribution is 2.30. The molecule has 0 aliphatic heterocycles. The summed E-state index contributed by atoms with van der Waals surface area (Å²) < 4.78 is 5.14. The highest BCUT2D eigenvalue weighted by Gasteiger charge is 2.13. The summed E-state index contributed by atoms with van der Waals surface area (Å²) in [6, 6.07) is 17.3. The molecule has 2 aromatic carbocycles. The van der Waals surface area contributed by atoms with E-state index in [0.717, 1.165) is 33.1 Å². The number of amides is 1. The van der Waals surface area contributed by atoms with Crippen LogP contribution >= 0.6 is 0 Å². The van der Waals surface area contributed by atoms with Gasteiger partial charge in [-0.3, -0.25) is 4.79 Å². The lowest BCUT2D eigenvalue weighted by Crippen LogP contribution is -2.15. The van der Waals surface area contributed by atoms with Gasteiger partial charge in [0.1, 0.15) is 5.75 Å². The van der Waals surface area contributed by atoms with Gasteiger partial charge in [0.25, 0.3) is 0 Å². The van der Waals surface area contributed by atoms with Gasteiger partial charge in [0.15, 0.2) is 5.82 Å². The van der Waals surface area contributed by atoms with Gasteiger partial charge >= 0.3 is 0 Å². The minimum atomic E-state index is 0.457. The van der Waals surface area contributed by atoms with Crippen LogP contribution in [0.25, 0.3) is 21.8 Å². The number of carbonyl (C=O) groups is 1. The van der Waals surface area contributed by atoms with Gasteiger partial charge in [-0.15, -0.1) is 0 Å². The third kappa shape index (κ3) is 2.77. The van der Waals surface area contributed by atoms with Crippen LogP contribution in [0.1, 0.15) is 5.56 Å². The van der Waals surface area contributed by atoms with E-state index in [2.05, 4.69) is 15.1 Å². The van der Waals surface area contributed by atoms with Gasteiger partial charge in [0.05, 0.1) is 18.8 Å². The topological polar surface area (TPSA) is 70.6 Å². The Morgan fingerprint density at radius 3 is 2.65 bits per heavy atom. The molecule has 6 nitrogen and oxygen atoms in total. The molecule has 4 rings (SSSR count). The molecule has 26 heavy (non-hydrogen) atoms. The smallest absolute Gasteiger partial charge is 0.236 e. The summed E-state index contributed by atoms with van der Waals surface area (Å²) in [6.45, 7) is 0. The summed E-state index contributed by atoms with van der Waals surface area (Å²) in [5.74, 6) is 1.22. The number of rotatable bonds is 5. The highest BCUT2D eigenvalue weighted by molar-refractivity contribution is 6.11. The van der Waals surface area contributed by atoms with Crippen molar-refractivity contribution in [3.05, 3.63) is 66.4 Å². The lowest BCUT2D eigenvalue weighted by atomic mass is 10.2. The quantitative estimate of drug-likeness (QED) is 0.341. The van der Waals surface area contributed by atoms with Crippen molar-refractivity contribution in [2.75, 3.05) is 12.1 Å². The third-order valence-electron chi connectivity index (χ3n) is 4.17. The Bertz CT molecular complexity index is 1100. The summed E-state index contributed by atoms with van der Waals surface area (Å²) in [6.07, 6.45) is 3.93. The Hall–Kier alpha value is -3.67. The predicted molar refractivity (Wildman–Crippen MR) is 103 cm³/mol. The summed E-state index contributed by atoms with van der Waals surface area (Å²) in [5.41, 5.74) is 2.61. The predicted octanol–water partition coefficient (Wildman–Crippen LogP) is 3.72. The molecule has 0 fully saturated rings. The molecule has 0 bridgehead atoms. The normalized spacial score (nSPS) is 11.3. The van der Waals surface area contributed by atoms with Crippen LogP contribution in [0.15, 0.2) is 65.9 Å². The van der Waals surface area contributed by atoms with Crippen molar-refractivity contribution in [3.8, 4) is 5.75 Å². The van der Waals surface area contributed by atoms with Crippen molar-refractivity contribution in [1.29, 1.82) is 0 Å². The molecule has 4 aromatic rings. The van der Waals surface area contributed by atoms with Crippen LogP contribution in [0.2, 0.25) is 0 Å². The number of benzene rings is 2. The van der Waals surface area contributed by atoms with Gasteiger partial charge < -0.3 is 9.72 Å². The molecule has 0 radical (unpaired) electrons. The van der Waals surface area contributed by atoms with E-state index in [1.165, 1.54) is 5.01 Å². The number of para-hydroxylation sites is 1. The first-order valence-corrected chi connectivity index (χ1v) is 8.08. The van der Waals surface area contributed by atoms with Gasteiger partial charge in [-0.05, 0) is 42.0 Å². The maximum atomic E-state index is 11.6. The Morgan fingerprint density at radius 2 is 1.88 bits per heavy atom. The van der Waals surface area contributed by atoms with Crippen molar-refractivity contribution in [2.24, 2.45) is 5.10 Å². The second kappa shape index (κ2) is 6.68. The SMILES string of the molecule is COc1ccc(C=NN(C=O)c2nccc3c2[nH]c2ccccc23)cc1. The number of methoxy groups -OCH3 is 1. The van der Waals surface area contributed by atoms with E-state index in [1.807, 2.05) is 54.6 Å².